The van der Waals surface area contributed by atoms with E-state index >= 15 is 0 Å². The lowest BCUT2D eigenvalue weighted by atomic mass is 10.2. The van der Waals surface area contributed by atoms with E-state index in [0.29, 0.717) is 11.7 Å². The van der Waals surface area contributed by atoms with Gasteiger partial charge in [0.15, 0.2) is 11.9 Å². The van der Waals surface area contributed by atoms with Crippen LogP contribution in [0.3, 0.4) is 0 Å². The molecule has 2 heterocycles. The van der Waals surface area contributed by atoms with Crippen molar-refractivity contribution in [2.75, 3.05) is 14.2 Å². The molecular formula is C7H8N4O2. The zero-order chi connectivity index (χ0) is 9.26. The van der Waals surface area contributed by atoms with Crippen LogP contribution < -0.4 is 0 Å². The number of rotatable bonds is 0. The summed E-state index contributed by atoms with van der Waals surface area (Å²) in [7, 11) is 3.02. The van der Waals surface area contributed by atoms with Crippen molar-refractivity contribution < 1.29 is 9.47 Å². The second-order valence-electron chi connectivity index (χ2n) is 2.41. The van der Waals surface area contributed by atoms with Crippen LogP contribution in [-0.4, -0.2) is 44.4 Å². The van der Waals surface area contributed by atoms with E-state index in [1.807, 2.05) is 0 Å². The van der Waals surface area contributed by atoms with Crippen LogP contribution in [0.5, 0.6) is 0 Å². The molecule has 2 aliphatic rings. The van der Waals surface area contributed by atoms with Gasteiger partial charge in [-0.1, -0.05) is 0 Å². The van der Waals surface area contributed by atoms with Gasteiger partial charge in [-0.05, 0) is 0 Å². The summed E-state index contributed by atoms with van der Waals surface area (Å²) in [6.07, 6.45) is 1.44. The fourth-order valence-corrected chi connectivity index (χ4v) is 1.09. The molecule has 0 saturated heterocycles. The highest BCUT2D eigenvalue weighted by Crippen LogP contribution is 2.11. The Morgan fingerprint density at radius 3 is 2.77 bits per heavy atom. The Morgan fingerprint density at radius 2 is 2.08 bits per heavy atom. The van der Waals surface area contributed by atoms with E-state index in [4.69, 9.17) is 9.47 Å². The van der Waals surface area contributed by atoms with Crippen molar-refractivity contribution in [3.63, 3.8) is 0 Å². The smallest absolute Gasteiger partial charge is 0.321 e. The van der Waals surface area contributed by atoms with Crippen molar-refractivity contribution in [2.45, 2.75) is 6.04 Å². The third-order valence-electron chi connectivity index (χ3n) is 1.69. The lowest BCUT2D eigenvalue weighted by Crippen LogP contribution is -2.32. The molecule has 0 aromatic carbocycles. The van der Waals surface area contributed by atoms with Gasteiger partial charge in [0.05, 0.1) is 14.2 Å². The maximum absolute atomic E-state index is 5.03. The van der Waals surface area contributed by atoms with Crippen LogP contribution >= 0.6 is 0 Å². The molecule has 0 amide bonds. The first kappa shape index (κ1) is 7.90. The van der Waals surface area contributed by atoms with Crippen LogP contribution in [0.25, 0.3) is 0 Å². The molecule has 0 N–H and O–H groups in total. The van der Waals surface area contributed by atoms with Gasteiger partial charge in [-0.15, -0.1) is 0 Å². The number of amidine groups is 2. The van der Waals surface area contributed by atoms with E-state index in [0.717, 1.165) is 0 Å². The van der Waals surface area contributed by atoms with Crippen molar-refractivity contribution in [3.05, 3.63) is 0 Å². The Kier molecular flexibility index (Phi) is 1.80. The number of fused-ring (bicyclic) bond motifs is 1. The average Bonchev–Trinajstić information content (AvgIpc) is 2.63. The minimum absolute atomic E-state index is 0.248. The summed E-state index contributed by atoms with van der Waals surface area (Å²) in [5.41, 5.74) is 0. The molecule has 0 bridgehead atoms. The van der Waals surface area contributed by atoms with Crippen molar-refractivity contribution in [2.24, 2.45) is 20.0 Å². The first-order valence-electron chi connectivity index (χ1n) is 3.69. The first-order valence-corrected chi connectivity index (χ1v) is 3.69. The molecule has 0 aliphatic carbocycles. The molecule has 2 aliphatic heterocycles. The van der Waals surface area contributed by atoms with Gasteiger partial charge in [0.1, 0.15) is 6.34 Å². The summed E-state index contributed by atoms with van der Waals surface area (Å²) < 4.78 is 9.91. The first-order chi connectivity index (χ1) is 6.35. The molecule has 13 heavy (non-hydrogen) atoms. The van der Waals surface area contributed by atoms with E-state index in [9.17, 15) is 0 Å². The number of methoxy groups -OCH3 is 2. The summed E-state index contributed by atoms with van der Waals surface area (Å²) in [6.45, 7) is 0. The molecule has 0 aromatic heterocycles. The topological polar surface area (TPSA) is 67.9 Å². The second-order valence-corrected chi connectivity index (χ2v) is 2.41. The summed E-state index contributed by atoms with van der Waals surface area (Å²) in [5, 5.41) is 0. The summed E-state index contributed by atoms with van der Waals surface area (Å²) in [5.74, 6) is 1.02. The zero-order valence-electron chi connectivity index (χ0n) is 7.26. The van der Waals surface area contributed by atoms with Gasteiger partial charge < -0.3 is 9.47 Å². The summed E-state index contributed by atoms with van der Waals surface area (Å²) in [4.78, 5) is 16.0. The quantitative estimate of drug-likeness (QED) is 0.520. The van der Waals surface area contributed by atoms with Crippen LogP contribution in [0, 0.1) is 0 Å². The fraction of sp³-hybridized carbons (Fsp3) is 0.429. The Bertz CT molecular complexity index is 342. The number of hydrogen-bond acceptors (Lipinski definition) is 6. The van der Waals surface area contributed by atoms with Crippen molar-refractivity contribution in [1.29, 1.82) is 0 Å². The molecule has 1 unspecified atom stereocenters. The van der Waals surface area contributed by atoms with Gasteiger partial charge in [0, 0.05) is 0 Å². The molecule has 1 atom stereocenters. The number of hydrogen-bond donors (Lipinski definition) is 0. The zero-order valence-corrected chi connectivity index (χ0v) is 7.26. The molecule has 0 radical (unpaired) electrons. The predicted octanol–water partition coefficient (Wildman–Crippen LogP) is -0.144. The molecule has 0 fully saturated rings. The van der Waals surface area contributed by atoms with E-state index < -0.39 is 0 Å². The predicted molar refractivity (Wildman–Crippen MR) is 48.6 cm³/mol. The molecule has 6 nitrogen and oxygen atoms in total. The van der Waals surface area contributed by atoms with Crippen molar-refractivity contribution in [1.82, 2.24) is 0 Å². The fourth-order valence-electron chi connectivity index (χ4n) is 1.09. The standard InChI is InChI=1S/C7H8N4O2/c1-12-6-4-5(9-3-8-4)10-7(11-6)13-2/h3-4H,1-2H3. The Balaban J connectivity index is 2.36. The van der Waals surface area contributed by atoms with Crippen molar-refractivity contribution >= 4 is 24.1 Å². The van der Waals surface area contributed by atoms with E-state index in [-0.39, 0.29) is 12.1 Å². The van der Waals surface area contributed by atoms with Crippen LogP contribution in [0.4, 0.5) is 0 Å². The largest absolute Gasteiger partial charge is 0.482 e. The van der Waals surface area contributed by atoms with E-state index in [1.165, 1.54) is 20.6 Å². The average molecular weight is 180 g/mol. The maximum Gasteiger partial charge on any atom is 0.321 e. The van der Waals surface area contributed by atoms with Gasteiger partial charge in [-0.2, -0.15) is 9.98 Å². The third kappa shape index (κ3) is 1.20. The lowest BCUT2D eigenvalue weighted by molar-refractivity contribution is 0.373. The summed E-state index contributed by atoms with van der Waals surface area (Å²) in [6, 6.07) is -0.0405. The molecular weight excluding hydrogens is 172 g/mol. The monoisotopic (exact) mass is 180 g/mol. The third-order valence-corrected chi connectivity index (χ3v) is 1.69. The molecule has 0 aromatic rings. The van der Waals surface area contributed by atoms with Gasteiger partial charge in [0.25, 0.3) is 0 Å². The van der Waals surface area contributed by atoms with Gasteiger partial charge in [-0.3, -0.25) is 4.99 Å². The second kappa shape index (κ2) is 2.96. The summed E-state index contributed by atoms with van der Waals surface area (Å²) >= 11 is 0. The highest BCUT2D eigenvalue weighted by Gasteiger charge is 2.30. The molecule has 0 saturated carbocycles. The highest BCUT2D eigenvalue weighted by molar-refractivity contribution is 6.20. The number of nitrogens with zero attached hydrogens (tertiary/aromatic N) is 4. The van der Waals surface area contributed by atoms with Crippen LogP contribution in [-0.2, 0) is 9.47 Å². The molecule has 68 valence electrons. The van der Waals surface area contributed by atoms with Gasteiger partial charge >= 0.3 is 6.02 Å². The molecule has 2 rings (SSSR count). The minimum atomic E-state index is -0.288. The van der Waals surface area contributed by atoms with Crippen molar-refractivity contribution in [3.8, 4) is 0 Å². The maximum atomic E-state index is 5.03. The van der Waals surface area contributed by atoms with E-state index in [1.54, 1.807) is 0 Å². The number of ether oxygens (including phenoxy) is 2. The minimum Gasteiger partial charge on any atom is -0.482 e. The lowest BCUT2D eigenvalue weighted by Gasteiger charge is -2.14. The molecule has 6 heteroatoms. The van der Waals surface area contributed by atoms with Crippen LogP contribution in [0.2, 0.25) is 0 Å². The Morgan fingerprint density at radius 1 is 1.23 bits per heavy atom. The van der Waals surface area contributed by atoms with E-state index in [2.05, 4.69) is 20.0 Å². The van der Waals surface area contributed by atoms with Crippen LogP contribution in [0.15, 0.2) is 20.0 Å². The van der Waals surface area contributed by atoms with Gasteiger partial charge in [0.2, 0.25) is 5.90 Å². The highest BCUT2D eigenvalue weighted by atomic mass is 16.5. The molecule has 0 spiro atoms. The Labute approximate surface area is 74.7 Å². The normalized spacial score (nSPS) is 24.5. The number of aliphatic imine (C=N–C) groups is 4. The SMILES string of the molecule is COC1=NC2=NC=NC2C(OC)=N1. The van der Waals surface area contributed by atoms with Gasteiger partial charge in [-0.25, -0.2) is 4.99 Å². The van der Waals surface area contributed by atoms with Crippen LogP contribution in [0.1, 0.15) is 0 Å². The Hall–Kier alpha value is -1.72.